The molecule has 1 fully saturated rings. The molecule has 1 aliphatic rings. The van der Waals surface area contributed by atoms with E-state index in [-0.39, 0.29) is 18.0 Å². The largest absolute Gasteiger partial charge is 0.411 e. The van der Waals surface area contributed by atoms with Crippen molar-refractivity contribution in [3.05, 3.63) is 30.5 Å². The van der Waals surface area contributed by atoms with Crippen molar-refractivity contribution in [2.75, 3.05) is 10.6 Å². The van der Waals surface area contributed by atoms with Gasteiger partial charge >= 0.3 is 6.09 Å². The van der Waals surface area contributed by atoms with Crippen molar-refractivity contribution in [1.29, 1.82) is 0 Å². The van der Waals surface area contributed by atoms with E-state index >= 15 is 0 Å². The van der Waals surface area contributed by atoms with Gasteiger partial charge in [0.1, 0.15) is 17.2 Å². The number of pyridine rings is 1. The van der Waals surface area contributed by atoms with Crippen LogP contribution < -0.4 is 26.8 Å². The molecule has 1 saturated carbocycles. The third-order valence-corrected chi connectivity index (χ3v) is 5.09. The molecule has 3 aromatic rings. The number of aromatic nitrogens is 4. The summed E-state index contributed by atoms with van der Waals surface area (Å²) in [4.78, 5) is 15.9. The van der Waals surface area contributed by atoms with Crippen LogP contribution in [0.1, 0.15) is 25.7 Å². The van der Waals surface area contributed by atoms with E-state index in [9.17, 15) is 4.79 Å². The Bertz CT molecular complexity index is 1030. The summed E-state index contributed by atoms with van der Waals surface area (Å²) in [6, 6.07) is 7.66. The molecule has 152 valence electrons. The first-order valence-electron chi connectivity index (χ1n) is 9.56. The molecule has 0 spiro atoms. The maximum absolute atomic E-state index is 11.3. The number of fused-ring (bicyclic) bond motifs is 1. The van der Waals surface area contributed by atoms with Crippen LogP contribution in [-0.2, 0) is 7.05 Å². The number of carbonyl (C=O) groups excluding carboxylic acids is 1. The SMILES string of the molecule is Cn1ccc2ccc(Nc3cc(N[C@@H]4CCCC[C@@H]4N)nnc3OC(N)=O)nc21. The molecule has 10 heteroatoms. The highest BCUT2D eigenvalue weighted by Gasteiger charge is 2.23. The Morgan fingerprint density at radius 3 is 2.83 bits per heavy atom. The van der Waals surface area contributed by atoms with Crippen molar-refractivity contribution in [2.24, 2.45) is 18.5 Å². The molecule has 10 nitrogen and oxygen atoms in total. The van der Waals surface area contributed by atoms with Gasteiger partial charge in [0.15, 0.2) is 5.82 Å². The zero-order valence-corrected chi connectivity index (χ0v) is 16.1. The number of nitrogens with one attached hydrogen (secondary N) is 2. The summed E-state index contributed by atoms with van der Waals surface area (Å²) >= 11 is 0. The predicted molar refractivity (Wildman–Crippen MR) is 110 cm³/mol. The standard InChI is InChI=1S/C19H24N8O2/c1-27-9-8-11-6-7-15(24-17(11)27)23-14-10-16(25-26-18(14)29-19(21)28)22-13-5-3-2-4-12(13)20/h6-10,12-13H,2-5,20H2,1H3,(H2,21,28)(H2,22,23,24,25)/t12-,13+/m0/s1. The Hall–Kier alpha value is -3.40. The molecule has 0 aromatic carbocycles. The van der Waals surface area contributed by atoms with Gasteiger partial charge in [-0.2, -0.15) is 0 Å². The van der Waals surface area contributed by atoms with Crippen molar-refractivity contribution in [1.82, 2.24) is 19.7 Å². The normalized spacial score (nSPS) is 19.1. The van der Waals surface area contributed by atoms with Gasteiger partial charge in [0.2, 0.25) is 0 Å². The van der Waals surface area contributed by atoms with Crippen LogP contribution in [0.2, 0.25) is 0 Å². The van der Waals surface area contributed by atoms with Crippen molar-refractivity contribution in [3.63, 3.8) is 0 Å². The van der Waals surface area contributed by atoms with Gasteiger partial charge in [-0.25, -0.2) is 9.78 Å². The van der Waals surface area contributed by atoms with Crippen LogP contribution in [0, 0.1) is 0 Å². The fraction of sp³-hybridized carbons (Fsp3) is 0.368. The Morgan fingerprint density at radius 1 is 1.21 bits per heavy atom. The number of hydrogen-bond donors (Lipinski definition) is 4. The molecular formula is C19H24N8O2. The van der Waals surface area contributed by atoms with E-state index < -0.39 is 6.09 Å². The van der Waals surface area contributed by atoms with Crippen molar-refractivity contribution in [2.45, 2.75) is 37.8 Å². The number of aryl methyl sites for hydroxylation is 1. The van der Waals surface area contributed by atoms with E-state index in [1.807, 2.05) is 36.0 Å². The first-order chi connectivity index (χ1) is 14.0. The van der Waals surface area contributed by atoms with Crippen molar-refractivity contribution < 1.29 is 9.53 Å². The topological polar surface area (TPSA) is 146 Å². The predicted octanol–water partition coefficient (Wildman–Crippen LogP) is 2.25. The van der Waals surface area contributed by atoms with Crippen molar-refractivity contribution >= 4 is 34.4 Å². The smallest absolute Gasteiger partial charge is 0.387 e. The van der Waals surface area contributed by atoms with E-state index in [0.29, 0.717) is 17.3 Å². The van der Waals surface area contributed by atoms with Gasteiger partial charge in [-0.15, -0.1) is 10.2 Å². The first-order valence-corrected chi connectivity index (χ1v) is 9.56. The van der Waals surface area contributed by atoms with Gasteiger partial charge in [0, 0.05) is 36.8 Å². The maximum atomic E-state index is 11.3. The molecule has 1 amide bonds. The zero-order valence-electron chi connectivity index (χ0n) is 16.1. The average molecular weight is 396 g/mol. The summed E-state index contributed by atoms with van der Waals surface area (Å²) in [5, 5.41) is 15.6. The number of primary amides is 1. The van der Waals surface area contributed by atoms with E-state index in [4.69, 9.17) is 16.2 Å². The Labute approximate surface area is 167 Å². The Morgan fingerprint density at radius 2 is 2.03 bits per heavy atom. The molecule has 0 saturated heterocycles. The summed E-state index contributed by atoms with van der Waals surface area (Å²) in [6.45, 7) is 0. The minimum absolute atomic E-state index is 0.0234. The van der Waals surface area contributed by atoms with Crippen LogP contribution in [0.15, 0.2) is 30.5 Å². The Kier molecular flexibility index (Phi) is 5.17. The van der Waals surface area contributed by atoms with Gasteiger partial charge < -0.3 is 31.4 Å². The lowest BCUT2D eigenvalue weighted by Gasteiger charge is -2.29. The summed E-state index contributed by atoms with van der Waals surface area (Å²) < 4.78 is 6.92. The lowest BCUT2D eigenvalue weighted by molar-refractivity contribution is 0.209. The van der Waals surface area contributed by atoms with Gasteiger partial charge in [-0.1, -0.05) is 12.8 Å². The molecule has 2 atom stereocenters. The number of carbonyl (C=O) groups is 1. The second-order valence-electron chi connectivity index (χ2n) is 7.23. The minimum atomic E-state index is -0.969. The number of hydrogen-bond acceptors (Lipinski definition) is 8. The molecule has 29 heavy (non-hydrogen) atoms. The van der Waals surface area contributed by atoms with Crippen LogP contribution >= 0.6 is 0 Å². The highest BCUT2D eigenvalue weighted by atomic mass is 16.6. The zero-order chi connectivity index (χ0) is 20.4. The average Bonchev–Trinajstić information content (AvgIpc) is 3.06. The lowest BCUT2D eigenvalue weighted by atomic mass is 9.91. The van der Waals surface area contributed by atoms with Crippen LogP contribution in [0.25, 0.3) is 11.0 Å². The molecule has 1 aliphatic carbocycles. The van der Waals surface area contributed by atoms with Crippen LogP contribution in [0.4, 0.5) is 22.1 Å². The fourth-order valence-corrected chi connectivity index (χ4v) is 3.58. The van der Waals surface area contributed by atoms with E-state index in [0.717, 1.165) is 36.7 Å². The Balaban J connectivity index is 1.62. The van der Waals surface area contributed by atoms with Crippen LogP contribution in [0.3, 0.4) is 0 Å². The first kappa shape index (κ1) is 18.9. The fourth-order valence-electron chi connectivity index (χ4n) is 3.58. The number of nitrogens with zero attached hydrogens (tertiary/aromatic N) is 4. The molecule has 0 unspecified atom stereocenters. The monoisotopic (exact) mass is 396 g/mol. The molecule has 3 heterocycles. The van der Waals surface area contributed by atoms with E-state index in [1.54, 1.807) is 6.07 Å². The maximum Gasteiger partial charge on any atom is 0.411 e. The van der Waals surface area contributed by atoms with Gasteiger partial charge in [0.25, 0.3) is 5.88 Å². The number of anilines is 3. The third-order valence-electron chi connectivity index (χ3n) is 5.09. The van der Waals surface area contributed by atoms with E-state index in [2.05, 4.69) is 25.8 Å². The second-order valence-corrected chi connectivity index (χ2v) is 7.23. The molecule has 6 N–H and O–H groups in total. The summed E-state index contributed by atoms with van der Waals surface area (Å²) in [5.41, 5.74) is 12.6. The highest BCUT2D eigenvalue weighted by molar-refractivity contribution is 5.79. The highest BCUT2D eigenvalue weighted by Crippen LogP contribution is 2.29. The number of rotatable bonds is 5. The van der Waals surface area contributed by atoms with Crippen LogP contribution in [0.5, 0.6) is 5.88 Å². The van der Waals surface area contributed by atoms with Gasteiger partial charge in [0.05, 0.1) is 0 Å². The van der Waals surface area contributed by atoms with Gasteiger partial charge in [-0.3, -0.25) is 0 Å². The summed E-state index contributed by atoms with van der Waals surface area (Å²) in [5.74, 6) is 1.08. The van der Waals surface area contributed by atoms with E-state index in [1.165, 1.54) is 0 Å². The number of ether oxygens (including phenoxy) is 1. The quantitative estimate of drug-likeness (QED) is 0.513. The molecule has 3 aromatic heterocycles. The van der Waals surface area contributed by atoms with Gasteiger partial charge in [-0.05, 0) is 31.0 Å². The molecule has 4 rings (SSSR count). The third kappa shape index (κ3) is 4.21. The lowest BCUT2D eigenvalue weighted by Crippen LogP contribution is -2.42. The minimum Gasteiger partial charge on any atom is -0.387 e. The molecular weight excluding hydrogens is 372 g/mol. The summed E-state index contributed by atoms with van der Waals surface area (Å²) in [7, 11) is 1.92. The van der Waals surface area contributed by atoms with Crippen molar-refractivity contribution in [3.8, 4) is 5.88 Å². The second kappa shape index (κ2) is 7.92. The molecule has 0 radical (unpaired) electrons. The molecule has 0 bridgehead atoms. The van der Waals surface area contributed by atoms with Crippen LogP contribution in [-0.4, -0.2) is 37.9 Å². The number of amides is 1. The number of nitrogens with two attached hydrogens (primary N) is 2. The summed E-state index contributed by atoms with van der Waals surface area (Å²) in [6.07, 6.45) is 5.16. The molecule has 0 aliphatic heterocycles.